The SMILES string of the molecule is COC(OC)c1ccc(-c2ccc(C)c(F)c2)cn1. The van der Waals surface area contributed by atoms with Crippen molar-refractivity contribution in [3.8, 4) is 11.1 Å². The third-order valence-corrected chi connectivity index (χ3v) is 2.96. The Morgan fingerprint density at radius 3 is 2.26 bits per heavy atom. The van der Waals surface area contributed by atoms with Crippen LogP contribution >= 0.6 is 0 Å². The summed E-state index contributed by atoms with van der Waals surface area (Å²) in [4.78, 5) is 4.28. The van der Waals surface area contributed by atoms with E-state index in [9.17, 15) is 4.39 Å². The summed E-state index contributed by atoms with van der Waals surface area (Å²) < 4.78 is 23.8. The van der Waals surface area contributed by atoms with Crippen LogP contribution in [0.25, 0.3) is 11.1 Å². The number of hydrogen-bond donors (Lipinski definition) is 0. The highest BCUT2D eigenvalue weighted by Crippen LogP contribution is 2.23. The van der Waals surface area contributed by atoms with Crippen molar-refractivity contribution in [2.75, 3.05) is 14.2 Å². The van der Waals surface area contributed by atoms with E-state index in [2.05, 4.69) is 4.98 Å². The largest absolute Gasteiger partial charge is 0.350 e. The van der Waals surface area contributed by atoms with Crippen molar-refractivity contribution >= 4 is 0 Å². The van der Waals surface area contributed by atoms with Gasteiger partial charge in [-0.15, -0.1) is 0 Å². The second-order valence-corrected chi connectivity index (χ2v) is 4.24. The Morgan fingerprint density at radius 2 is 1.74 bits per heavy atom. The van der Waals surface area contributed by atoms with Crippen molar-refractivity contribution in [2.24, 2.45) is 0 Å². The van der Waals surface area contributed by atoms with Crippen LogP contribution in [0, 0.1) is 12.7 Å². The van der Waals surface area contributed by atoms with E-state index in [1.54, 1.807) is 33.4 Å². The van der Waals surface area contributed by atoms with Crippen LogP contribution in [-0.4, -0.2) is 19.2 Å². The molecule has 1 heterocycles. The second kappa shape index (κ2) is 5.91. The number of halogens is 1. The Morgan fingerprint density at radius 1 is 1.05 bits per heavy atom. The van der Waals surface area contributed by atoms with Crippen LogP contribution in [0.2, 0.25) is 0 Å². The molecule has 0 unspecified atom stereocenters. The Hall–Kier alpha value is -1.78. The van der Waals surface area contributed by atoms with E-state index < -0.39 is 6.29 Å². The highest BCUT2D eigenvalue weighted by Gasteiger charge is 2.10. The van der Waals surface area contributed by atoms with Gasteiger partial charge in [0.25, 0.3) is 0 Å². The molecule has 1 aromatic carbocycles. The van der Waals surface area contributed by atoms with Gasteiger partial charge in [0.15, 0.2) is 0 Å². The van der Waals surface area contributed by atoms with E-state index in [0.29, 0.717) is 11.3 Å². The van der Waals surface area contributed by atoms with Gasteiger partial charge in [-0.2, -0.15) is 0 Å². The van der Waals surface area contributed by atoms with Gasteiger partial charge in [0.2, 0.25) is 6.29 Å². The zero-order valence-corrected chi connectivity index (χ0v) is 11.2. The maximum absolute atomic E-state index is 13.5. The smallest absolute Gasteiger partial charge is 0.200 e. The first-order chi connectivity index (χ1) is 9.15. The van der Waals surface area contributed by atoms with Crippen LogP contribution in [0.4, 0.5) is 4.39 Å². The number of nitrogens with zero attached hydrogens (tertiary/aromatic N) is 1. The lowest BCUT2D eigenvalue weighted by atomic mass is 10.1. The Bertz CT molecular complexity index is 551. The predicted molar refractivity (Wildman–Crippen MR) is 71.1 cm³/mol. The normalized spacial score (nSPS) is 11.0. The van der Waals surface area contributed by atoms with E-state index in [4.69, 9.17) is 9.47 Å². The fraction of sp³-hybridized carbons (Fsp3) is 0.267. The van der Waals surface area contributed by atoms with Gasteiger partial charge in [0, 0.05) is 26.0 Å². The second-order valence-electron chi connectivity index (χ2n) is 4.24. The van der Waals surface area contributed by atoms with Crippen LogP contribution in [-0.2, 0) is 9.47 Å². The number of aromatic nitrogens is 1. The molecule has 0 saturated heterocycles. The molecule has 2 aromatic rings. The van der Waals surface area contributed by atoms with Gasteiger partial charge in [0.05, 0.1) is 5.69 Å². The Balaban J connectivity index is 2.29. The molecular formula is C15H16FNO2. The van der Waals surface area contributed by atoms with Crippen molar-refractivity contribution < 1.29 is 13.9 Å². The molecule has 4 heteroatoms. The molecule has 0 atom stereocenters. The van der Waals surface area contributed by atoms with Crippen LogP contribution < -0.4 is 0 Å². The summed E-state index contributed by atoms with van der Waals surface area (Å²) in [6, 6.07) is 8.82. The quantitative estimate of drug-likeness (QED) is 0.789. The molecule has 0 radical (unpaired) electrons. The molecular weight excluding hydrogens is 245 g/mol. The zero-order valence-electron chi connectivity index (χ0n) is 11.2. The van der Waals surface area contributed by atoms with Crippen molar-refractivity contribution in [3.05, 3.63) is 53.6 Å². The first kappa shape index (κ1) is 13.6. The average molecular weight is 261 g/mol. The summed E-state index contributed by atoms with van der Waals surface area (Å²) in [6.45, 7) is 1.74. The molecule has 0 fully saturated rings. The third-order valence-electron chi connectivity index (χ3n) is 2.96. The number of aryl methyl sites for hydroxylation is 1. The monoisotopic (exact) mass is 261 g/mol. The number of hydrogen-bond acceptors (Lipinski definition) is 3. The fourth-order valence-corrected chi connectivity index (χ4v) is 1.83. The van der Waals surface area contributed by atoms with E-state index in [0.717, 1.165) is 11.1 Å². The predicted octanol–water partition coefficient (Wildman–Crippen LogP) is 3.49. The van der Waals surface area contributed by atoms with Crippen LogP contribution in [0.1, 0.15) is 17.5 Å². The molecule has 0 aliphatic rings. The number of rotatable bonds is 4. The number of methoxy groups -OCH3 is 2. The van der Waals surface area contributed by atoms with Crippen LogP contribution in [0.3, 0.4) is 0 Å². The highest BCUT2D eigenvalue weighted by molar-refractivity contribution is 5.62. The van der Waals surface area contributed by atoms with Gasteiger partial charge >= 0.3 is 0 Å². The molecule has 19 heavy (non-hydrogen) atoms. The van der Waals surface area contributed by atoms with E-state index in [1.807, 2.05) is 18.2 Å². The molecule has 2 rings (SSSR count). The van der Waals surface area contributed by atoms with Gasteiger partial charge in [-0.1, -0.05) is 18.2 Å². The Kier molecular flexibility index (Phi) is 4.24. The van der Waals surface area contributed by atoms with Crippen molar-refractivity contribution in [1.29, 1.82) is 0 Å². The molecule has 3 nitrogen and oxygen atoms in total. The molecule has 1 aromatic heterocycles. The molecule has 0 aliphatic heterocycles. The number of ether oxygens (including phenoxy) is 2. The molecule has 0 N–H and O–H groups in total. The minimum atomic E-state index is -0.483. The van der Waals surface area contributed by atoms with Gasteiger partial charge in [-0.05, 0) is 30.2 Å². The minimum Gasteiger partial charge on any atom is -0.350 e. The summed E-state index contributed by atoms with van der Waals surface area (Å²) in [5.74, 6) is -0.215. The molecule has 0 amide bonds. The number of benzene rings is 1. The lowest BCUT2D eigenvalue weighted by Crippen LogP contribution is -2.05. The maximum Gasteiger partial charge on any atom is 0.200 e. The van der Waals surface area contributed by atoms with Crippen LogP contribution in [0.15, 0.2) is 36.5 Å². The van der Waals surface area contributed by atoms with E-state index >= 15 is 0 Å². The average Bonchev–Trinajstić information content (AvgIpc) is 2.44. The van der Waals surface area contributed by atoms with E-state index in [-0.39, 0.29) is 5.82 Å². The molecule has 100 valence electrons. The van der Waals surface area contributed by atoms with Gasteiger partial charge in [0.1, 0.15) is 5.82 Å². The molecule has 0 aliphatic carbocycles. The summed E-state index contributed by atoms with van der Waals surface area (Å²) in [6.07, 6.45) is 1.20. The molecule has 0 spiro atoms. The van der Waals surface area contributed by atoms with Crippen molar-refractivity contribution in [3.63, 3.8) is 0 Å². The molecule has 0 bridgehead atoms. The summed E-state index contributed by atoms with van der Waals surface area (Å²) in [5.41, 5.74) is 2.97. The standard InChI is InChI=1S/C15H16FNO2/c1-10-4-5-11(8-13(10)16)12-6-7-14(17-9-12)15(18-2)19-3/h4-9,15H,1-3H3. The minimum absolute atomic E-state index is 0.215. The first-order valence-corrected chi connectivity index (χ1v) is 5.93. The topological polar surface area (TPSA) is 31.4 Å². The maximum atomic E-state index is 13.5. The lowest BCUT2D eigenvalue weighted by molar-refractivity contribution is -0.108. The van der Waals surface area contributed by atoms with E-state index in [1.165, 1.54) is 6.07 Å². The van der Waals surface area contributed by atoms with Gasteiger partial charge in [-0.3, -0.25) is 4.98 Å². The number of pyridine rings is 1. The zero-order chi connectivity index (χ0) is 13.8. The lowest BCUT2D eigenvalue weighted by Gasteiger charge is -2.12. The van der Waals surface area contributed by atoms with Crippen molar-refractivity contribution in [1.82, 2.24) is 4.98 Å². The summed E-state index contributed by atoms with van der Waals surface area (Å²) >= 11 is 0. The van der Waals surface area contributed by atoms with Gasteiger partial charge in [-0.25, -0.2) is 4.39 Å². The van der Waals surface area contributed by atoms with Crippen LogP contribution in [0.5, 0.6) is 0 Å². The molecule has 0 saturated carbocycles. The Labute approximate surface area is 112 Å². The third kappa shape index (κ3) is 2.97. The summed E-state index contributed by atoms with van der Waals surface area (Å²) in [5, 5.41) is 0. The first-order valence-electron chi connectivity index (χ1n) is 5.93. The van der Waals surface area contributed by atoms with Crippen molar-refractivity contribution in [2.45, 2.75) is 13.2 Å². The fourth-order valence-electron chi connectivity index (χ4n) is 1.83. The highest BCUT2D eigenvalue weighted by atomic mass is 19.1. The summed E-state index contributed by atoms with van der Waals surface area (Å²) in [7, 11) is 3.11. The van der Waals surface area contributed by atoms with Gasteiger partial charge < -0.3 is 9.47 Å².